The van der Waals surface area contributed by atoms with Gasteiger partial charge in [-0.15, -0.1) is 0 Å². The molecule has 0 aliphatic carbocycles. The standard InChI is InChI=1S/C15H15F2N5O2/c16-7-1-2-10(17)8(3-7)9-5-22(6-11(9)18)15-20-4-12(23)13(21-15)14(19)24/h1-4,9,11,23H,5-6,18H2,(H2,19,24)/t9-,11+/m1/s1. The van der Waals surface area contributed by atoms with Gasteiger partial charge in [-0.3, -0.25) is 4.79 Å². The highest BCUT2D eigenvalue weighted by atomic mass is 19.1. The summed E-state index contributed by atoms with van der Waals surface area (Å²) in [5.74, 6) is -2.74. The average Bonchev–Trinajstić information content (AvgIpc) is 2.91. The molecule has 2 heterocycles. The third-order valence-electron chi connectivity index (χ3n) is 4.00. The summed E-state index contributed by atoms with van der Waals surface area (Å²) >= 11 is 0. The van der Waals surface area contributed by atoms with Gasteiger partial charge in [0.05, 0.1) is 6.20 Å². The van der Waals surface area contributed by atoms with Crippen LogP contribution in [0.2, 0.25) is 0 Å². The largest absolute Gasteiger partial charge is 0.504 e. The highest BCUT2D eigenvalue weighted by Crippen LogP contribution is 2.31. The molecular formula is C15H15F2N5O2. The van der Waals surface area contributed by atoms with E-state index < -0.39 is 35.3 Å². The van der Waals surface area contributed by atoms with Gasteiger partial charge in [0.15, 0.2) is 11.4 Å². The number of aromatic hydroxyl groups is 1. The first-order chi connectivity index (χ1) is 11.4. The molecule has 0 radical (unpaired) electrons. The van der Waals surface area contributed by atoms with Gasteiger partial charge in [0.1, 0.15) is 11.6 Å². The van der Waals surface area contributed by atoms with Crippen LogP contribution in [0.15, 0.2) is 24.4 Å². The Bertz CT molecular complexity index is 801. The molecule has 0 unspecified atom stereocenters. The lowest BCUT2D eigenvalue weighted by molar-refractivity contribution is 0.0992. The maximum atomic E-state index is 14.0. The van der Waals surface area contributed by atoms with Crippen molar-refractivity contribution in [2.75, 3.05) is 18.0 Å². The Labute approximate surface area is 135 Å². The van der Waals surface area contributed by atoms with Crippen molar-refractivity contribution in [1.29, 1.82) is 0 Å². The predicted octanol–water partition coefficient (Wildman–Crippen LogP) is 0.490. The SMILES string of the molecule is NC(=O)c1nc(N2C[C@H](c3cc(F)ccc3F)[C@@H](N)C2)ncc1O. The summed E-state index contributed by atoms with van der Waals surface area (Å²) < 4.78 is 27.4. The van der Waals surface area contributed by atoms with Gasteiger partial charge in [0.25, 0.3) is 5.91 Å². The van der Waals surface area contributed by atoms with Crippen molar-refractivity contribution in [3.63, 3.8) is 0 Å². The molecule has 0 saturated carbocycles. The number of nitrogens with zero attached hydrogens (tertiary/aromatic N) is 3. The number of rotatable bonds is 3. The number of nitrogens with two attached hydrogens (primary N) is 2. The summed E-state index contributed by atoms with van der Waals surface area (Å²) in [6.07, 6.45) is 1.06. The molecule has 5 N–H and O–H groups in total. The van der Waals surface area contributed by atoms with Crippen LogP contribution in [0, 0.1) is 11.6 Å². The molecule has 3 rings (SSSR count). The fraction of sp³-hybridized carbons (Fsp3) is 0.267. The summed E-state index contributed by atoms with van der Waals surface area (Å²) in [4.78, 5) is 20.8. The Hall–Kier alpha value is -2.81. The molecule has 9 heteroatoms. The monoisotopic (exact) mass is 335 g/mol. The molecule has 1 fully saturated rings. The van der Waals surface area contributed by atoms with Crippen molar-refractivity contribution in [3.05, 3.63) is 47.3 Å². The van der Waals surface area contributed by atoms with Crippen molar-refractivity contribution in [3.8, 4) is 5.75 Å². The third kappa shape index (κ3) is 2.85. The summed E-state index contributed by atoms with van der Waals surface area (Å²) in [6, 6.07) is 2.74. The number of hydrogen-bond donors (Lipinski definition) is 3. The molecule has 2 aromatic rings. The van der Waals surface area contributed by atoms with E-state index in [1.165, 1.54) is 0 Å². The van der Waals surface area contributed by atoms with Crippen LogP contribution in [0.1, 0.15) is 22.0 Å². The van der Waals surface area contributed by atoms with Crippen LogP contribution in [0.5, 0.6) is 5.75 Å². The zero-order chi connectivity index (χ0) is 17.4. The second-order valence-corrected chi connectivity index (χ2v) is 5.61. The van der Waals surface area contributed by atoms with E-state index in [2.05, 4.69) is 9.97 Å². The van der Waals surface area contributed by atoms with E-state index in [4.69, 9.17) is 11.5 Å². The smallest absolute Gasteiger partial charge is 0.271 e. The average molecular weight is 335 g/mol. The minimum atomic E-state index is -0.896. The van der Waals surface area contributed by atoms with Gasteiger partial charge in [-0.05, 0) is 23.8 Å². The van der Waals surface area contributed by atoms with Crippen LogP contribution in [0.3, 0.4) is 0 Å². The van der Waals surface area contributed by atoms with Crippen LogP contribution in [0.4, 0.5) is 14.7 Å². The Kier molecular flexibility index (Phi) is 4.02. The zero-order valence-corrected chi connectivity index (χ0v) is 12.5. The summed E-state index contributed by atoms with van der Waals surface area (Å²) in [6.45, 7) is 0.522. The predicted molar refractivity (Wildman–Crippen MR) is 81.5 cm³/mol. The summed E-state index contributed by atoms with van der Waals surface area (Å²) in [5, 5.41) is 9.54. The minimum Gasteiger partial charge on any atom is -0.504 e. The fourth-order valence-electron chi connectivity index (χ4n) is 2.82. The quantitative estimate of drug-likeness (QED) is 0.751. The first-order valence-electron chi connectivity index (χ1n) is 7.18. The maximum absolute atomic E-state index is 14.0. The van der Waals surface area contributed by atoms with Gasteiger partial charge in [-0.25, -0.2) is 18.7 Å². The number of amides is 1. The number of halogens is 2. The van der Waals surface area contributed by atoms with Crippen molar-refractivity contribution in [1.82, 2.24) is 9.97 Å². The van der Waals surface area contributed by atoms with Gasteiger partial charge in [0.2, 0.25) is 5.95 Å². The molecule has 0 bridgehead atoms. The molecule has 7 nitrogen and oxygen atoms in total. The topological polar surface area (TPSA) is 118 Å². The lowest BCUT2D eigenvalue weighted by Gasteiger charge is -2.17. The second kappa shape index (κ2) is 6.00. The second-order valence-electron chi connectivity index (χ2n) is 5.61. The van der Waals surface area contributed by atoms with Crippen LogP contribution in [-0.4, -0.2) is 40.1 Å². The molecule has 1 amide bonds. The Morgan fingerprint density at radius 2 is 2.08 bits per heavy atom. The highest BCUT2D eigenvalue weighted by molar-refractivity contribution is 5.93. The van der Waals surface area contributed by atoms with E-state index in [1.54, 1.807) is 4.90 Å². The first-order valence-corrected chi connectivity index (χ1v) is 7.18. The van der Waals surface area contributed by atoms with Gasteiger partial charge in [-0.1, -0.05) is 0 Å². The van der Waals surface area contributed by atoms with Crippen molar-refractivity contribution >= 4 is 11.9 Å². The number of primary amides is 1. The van der Waals surface area contributed by atoms with Crippen LogP contribution in [-0.2, 0) is 0 Å². The Balaban J connectivity index is 1.90. The first kappa shape index (κ1) is 16.1. The number of hydrogen-bond acceptors (Lipinski definition) is 6. The Morgan fingerprint density at radius 3 is 2.79 bits per heavy atom. The minimum absolute atomic E-state index is 0.136. The number of carbonyl (C=O) groups excluding carboxylic acids is 1. The van der Waals surface area contributed by atoms with Crippen molar-refractivity contribution < 1.29 is 18.7 Å². The van der Waals surface area contributed by atoms with E-state index in [0.717, 1.165) is 24.4 Å². The molecule has 1 saturated heterocycles. The molecule has 0 spiro atoms. The zero-order valence-electron chi connectivity index (χ0n) is 12.5. The van der Waals surface area contributed by atoms with E-state index >= 15 is 0 Å². The van der Waals surface area contributed by atoms with Crippen molar-refractivity contribution in [2.45, 2.75) is 12.0 Å². The van der Waals surface area contributed by atoms with Gasteiger partial charge in [0, 0.05) is 25.0 Å². The van der Waals surface area contributed by atoms with E-state index in [-0.39, 0.29) is 30.3 Å². The fourth-order valence-corrected chi connectivity index (χ4v) is 2.82. The lowest BCUT2D eigenvalue weighted by Crippen LogP contribution is -2.29. The number of anilines is 1. The molecule has 1 aromatic heterocycles. The van der Waals surface area contributed by atoms with Crippen molar-refractivity contribution in [2.24, 2.45) is 11.5 Å². The van der Waals surface area contributed by atoms with E-state index in [0.29, 0.717) is 0 Å². The Morgan fingerprint density at radius 1 is 1.33 bits per heavy atom. The van der Waals surface area contributed by atoms with Crippen LogP contribution >= 0.6 is 0 Å². The number of carbonyl (C=O) groups is 1. The molecule has 1 aliphatic heterocycles. The highest BCUT2D eigenvalue weighted by Gasteiger charge is 2.34. The molecule has 1 aliphatic rings. The van der Waals surface area contributed by atoms with Gasteiger partial charge >= 0.3 is 0 Å². The van der Waals surface area contributed by atoms with E-state index in [1.807, 2.05) is 0 Å². The van der Waals surface area contributed by atoms with Crippen LogP contribution < -0.4 is 16.4 Å². The normalized spacial score (nSPS) is 20.4. The third-order valence-corrected chi connectivity index (χ3v) is 4.00. The number of aromatic nitrogens is 2. The van der Waals surface area contributed by atoms with Gasteiger partial charge in [-0.2, -0.15) is 0 Å². The lowest BCUT2D eigenvalue weighted by atomic mass is 9.94. The number of benzene rings is 1. The summed E-state index contributed by atoms with van der Waals surface area (Å²) in [7, 11) is 0. The van der Waals surface area contributed by atoms with Crippen LogP contribution in [0.25, 0.3) is 0 Å². The molecule has 24 heavy (non-hydrogen) atoms. The molecule has 126 valence electrons. The van der Waals surface area contributed by atoms with Gasteiger partial charge < -0.3 is 21.5 Å². The molecule has 1 aromatic carbocycles. The maximum Gasteiger partial charge on any atom is 0.271 e. The molecular weight excluding hydrogens is 320 g/mol. The summed E-state index contributed by atoms with van der Waals surface area (Å²) in [5.41, 5.74) is 11.1. The molecule has 2 atom stereocenters. The van der Waals surface area contributed by atoms with E-state index in [9.17, 15) is 18.7 Å².